The number of unbranched alkanes of at least 4 members (excludes halogenated alkanes) is 1. The number of para-hydroxylation sites is 1. The van der Waals surface area contributed by atoms with Gasteiger partial charge in [-0.3, -0.25) is 9.32 Å². The fourth-order valence-electron chi connectivity index (χ4n) is 4.38. The Morgan fingerprint density at radius 2 is 1.86 bits per heavy atom. The van der Waals surface area contributed by atoms with Crippen LogP contribution in [0.2, 0.25) is 5.02 Å². The van der Waals surface area contributed by atoms with E-state index >= 15 is 0 Å². The number of fused-ring (bicyclic) bond motifs is 3. The zero-order chi connectivity index (χ0) is 30.3. The smallest absolute Gasteiger partial charge is 0.459 e. The first-order valence-corrected chi connectivity index (χ1v) is 15.8. The lowest BCUT2D eigenvalue weighted by Gasteiger charge is -2.25. The number of nitrogens with one attached hydrogen (secondary N) is 1. The van der Waals surface area contributed by atoms with Crippen LogP contribution in [0.4, 0.5) is 5.82 Å². The predicted octanol–water partition coefficient (Wildman–Crippen LogP) is 6.44. The standard InChI is InChI=1S/C29H37ClN5O6P/c1-5-7-16-39-29(36)20(4)34-42(37,41-22-14-12-21(30)13-15-22)40-17-19(3)35-25(18-38-6-2)33-26-27(35)23-10-8-9-11-24(23)32-28(26)31/h8-15,19-20H,5-7,16-18H2,1-4H3,(H2,31,32)(H,34,37)/t19-,20+,42?/m1/s1. The Balaban J connectivity index is 1.65. The van der Waals surface area contributed by atoms with Gasteiger partial charge in [-0.1, -0.05) is 43.1 Å². The van der Waals surface area contributed by atoms with Crippen LogP contribution in [-0.4, -0.2) is 46.4 Å². The van der Waals surface area contributed by atoms with Crippen LogP contribution in [0.15, 0.2) is 48.5 Å². The van der Waals surface area contributed by atoms with Crippen LogP contribution in [-0.2, 0) is 30.0 Å². The van der Waals surface area contributed by atoms with Crippen LogP contribution in [0.5, 0.6) is 5.75 Å². The van der Waals surface area contributed by atoms with Crippen molar-refractivity contribution in [2.75, 3.05) is 25.6 Å². The second-order valence-electron chi connectivity index (χ2n) is 9.81. The summed E-state index contributed by atoms with van der Waals surface area (Å²) in [5, 5.41) is 4.07. The Morgan fingerprint density at radius 1 is 1.12 bits per heavy atom. The summed E-state index contributed by atoms with van der Waals surface area (Å²) in [5.74, 6) is 0.600. The third kappa shape index (κ3) is 7.59. The summed E-state index contributed by atoms with van der Waals surface area (Å²) in [6.45, 7) is 8.25. The molecule has 2 heterocycles. The molecule has 4 rings (SSSR count). The van der Waals surface area contributed by atoms with Crippen LogP contribution in [0, 0.1) is 0 Å². The summed E-state index contributed by atoms with van der Waals surface area (Å²) < 4.78 is 38.9. The van der Waals surface area contributed by atoms with Gasteiger partial charge in [-0.15, -0.1) is 0 Å². The van der Waals surface area contributed by atoms with Crippen molar-refractivity contribution in [2.45, 2.75) is 59.2 Å². The van der Waals surface area contributed by atoms with E-state index in [0.717, 1.165) is 23.7 Å². The number of hydrogen-bond acceptors (Lipinski definition) is 9. The zero-order valence-corrected chi connectivity index (χ0v) is 25.9. The highest BCUT2D eigenvalue weighted by molar-refractivity contribution is 7.52. The van der Waals surface area contributed by atoms with Crippen LogP contribution < -0.4 is 15.3 Å². The third-order valence-electron chi connectivity index (χ3n) is 6.48. The number of halogens is 1. The van der Waals surface area contributed by atoms with Gasteiger partial charge in [0, 0.05) is 17.0 Å². The van der Waals surface area contributed by atoms with E-state index in [1.54, 1.807) is 31.2 Å². The molecule has 4 aromatic rings. The van der Waals surface area contributed by atoms with Crippen molar-refractivity contribution >= 4 is 53.1 Å². The minimum atomic E-state index is -4.11. The topological polar surface area (TPSA) is 140 Å². The first-order chi connectivity index (χ1) is 20.2. The van der Waals surface area contributed by atoms with Crippen molar-refractivity contribution in [3.05, 3.63) is 59.4 Å². The summed E-state index contributed by atoms with van der Waals surface area (Å²) >= 11 is 6.02. The van der Waals surface area contributed by atoms with Crippen molar-refractivity contribution in [2.24, 2.45) is 0 Å². The minimum absolute atomic E-state index is 0.0728. The fourth-order valence-corrected chi connectivity index (χ4v) is 6.07. The Morgan fingerprint density at radius 3 is 2.57 bits per heavy atom. The van der Waals surface area contributed by atoms with Gasteiger partial charge in [0.2, 0.25) is 0 Å². The number of esters is 1. The molecule has 3 N–H and O–H groups in total. The number of nitrogens with zero attached hydrogens (tertiary/aromatic N) is 3. The third-order valence-corrected chi connectivity index (χ3v) is 8.37. The van der Waals surface area contributed by atoms with Crippen LogP contribution in [0.1, 0.15) is 52.4 Å². The maximum atomic E-state index is 14.1. The van der Waals surface area contributed by atoms with Gasteiger partial charge in [0.05, 0.1) is 30.3 Å². The lowest BCUT2D eigenvalue weighted by atomic mass is 10.1. The average Bonchev–Trinajstić information content (AvgIpc) is 3.36. The largest absolute Gasteiger partial charge is 0.465 e. The zero-order valence-electron chi connectivity index (χ0n) is 24.2. The van der Waals surface area contributed by atoms with Crippen molar-refractivity contribution < 1.29 is 27.9 Å². The number of rotatable bonds is 15. The highest BCUT2D eigenvalue weighted by Crippen LogP contribution is 2.46. The number of carbonyl (C=O) groups excluding carboxylic acids is 1. The Bertz CT molecular complexity index is 1560. The van der Waals surface area contributed by atoms with E-state index in [0.29, 0.717) is 34.3 Å². The van der Waals surface area contributed by atoms with Crippen LogP contribution >= 0.6 is 19.3 Å². The van der Waals surface area contributed by atoms with E-state index in [2.05, 4.69) is 10.1 Å². The normalized spacial score (nSPS) is 14.5. The molecule has 0 aliphatic heterocycles. The number of aromatic nitrogens is 3. The van der Waals surface area contributed by atoms with Gasteiger partial charge in [0.15, 0.2) is 5.82 Å². The number of hydrogen-bond donors (Lipinski definition) is 2. The molecule has 0 spiro atoms. The second-order valence-corrected chi connectivity index (χ2v) is 11.9. The number of carbonyl (C=O) groups is 1. The van der Waals surface area contributed by atoms with Gasteiger partial charge in [-0.05, 0) is 57.5 Å². The quantitative estimate of drug-likeness (QED) is 0.0869. The molecule has 3 atom stereocenters. The average molecular weight is 618 g/mol. The molecule has 0 saturated heterocycles. The summed E-state index contributed by atoms with van der Waals surface area (Å²) in [6.07, 6.45) is 1.60. The molecule has 0 amide bonds. The number of benzene rings is 2. The fraction of sp³-hybridized carbons (Fsp3) is 0.414. The molecule has 0 radical (unpaired) electrons. The van der Waals surface area contributed by atoms with Crippen molar-refractivity contribution in [1.29, 1.82) is 0 Å². The lowest BCUT2D eigenvalue weighted by molar-refractivity contribution is -0.145. The maximum absolute atomic E-state index is 14.1. The van der Waals surface area contributed by atoms with Gasteiger partial charge in [0.25, 0.3) is 0 Å². The molecule has 2 aromatic heterocycles. The van der Waals surface area contributed by atoms with Gasteiger partial charge in [-0.2, -0.15) is 5.09 Å². The summed E-state index contributed by atoms with van der Waals surface area (Å²) in [4.78, 5) is 21.9. The molecule has 11 nitrogen and oxygen atoms in total. The van der Waals surface area contributed by atoms with E-state index in [-0.39, 0.29) is 25.6 Å². The Kier molecular flexibility index (Phi) is 10.8. The molecule has 0 saturated carbocycles. The number of anilines is 1. The monoisotopic (exact) mass is 617 g/mol. The molecule has 0 bridgehead atoms. The van der Waals surface area contributed by atoms with Gasteiger partial charge in [0.1, 0.15) is 29.7 Å². The van der Waals surface area contributed by atoms with Gasteiger partial charge < -0.3 is 24.3 Å². The van der Waals surface area contributed by atoms with Crippen molar-refractivity contribution in [1.82, 2.24) is 19.6 Å². The Hall–Kier alpha value is -3.21. The molecule has 226 valence electrons. The SMILES string of the molecule is CCCCOC(=O)[C@H](C)NP(=O)(OC[C@@H](C)n1c(COCC)nc2c(N)nc3ccccc3c21)Oc1ccc(Cl)cc1. The van der Waals surface area contributed by atoms with Gasteiger partial charge >= 0.3 is 13.7 Å². The summed E-state index contributed by atoms with van der Waals surface area (Å²) in [5.41, 5.74) is 8.33. The molecule has 42 heavy (non-hydrogen) atoms. The number of nitrogen functional groups attached to an aromatic ring is 1. The number of ether oxygens (including phenoxy) is 2. The first-order valence-electron chi connectivity index (χ1n) is 13.9. The second kappa shape index (κ2) is 14.3. The van der Waals surface area contributed by atoms with E-state index < -0.39 is 25.8 Å². The summed E-state index contributed by atoms with van der Waals surface area (Å²) in [7, 11) is -4.11. The van der Waals surface area contributed by atoms with E-state index in [9.17, 15) is 9.36 Å². The van der Waals surface area contributed by atoms with Crippen LogP contribution in [0.25, 0.3) is 21.9 Å². The van der Waals surface area contributed by atoms with E-state index in [4.69, 9.17) is 40.8 Å². The first kappa shape index (κ1) is 31.7. The number of nitrogens with two attached hydrogens (primary N) is 1. The molecule has 2 aromatic carbocycles. The van der Waals surface area contributed by atoms with Crippen LogP contribution in [0.3, 0.4) is 0 Å². The summed E-state index contributed by atoms with van der Waals surface area (Å²) in [6, 6.07) is 12.6. The van der Waals surface area contributed by atoms with E-state index in [1.807, 2.05) is 49.6 Å². The van der Waals surface area contributed by atoms with Crippen molar-refractivity contribution in [3.63, 3.8) is 0 Å². The van der Waals surface area contributed by atoms with Crippen molar-refractivity contribution in [3.8, 4) is 5.75 Å². The molecule has 0 aliphatic carbocycles. The molecular weight excluding hydrogens is 581 g/mol. The molecule has 13 heteroatoms. The minimum Gasteiger partial charge on any atom is -0.465 e. The maximum Gasteiger partial charge on any atom is 0.459 e. The predicted molar refractivity (Wildman–Crippen MR) is 164 cm³/mol. The molecular formula is C29H37ClN5O6P. The molecule has 0 fully saturated rings. The van der Waals surface area contributed by atoms with E-state index in [1.165, 1.54) is 0 Å². The highest BCUT2D eigenvalue weighted by atomic mass is 35.5. The number of pyridine rings is 1. The molecule has 1 unspecified atom stereocenters. The number of imidazole rings is 1. The Labute approximate surface area is 250 Å². The van der Waals surface area contributed by atoms with Gasteiger partial charge in [-0.25, -0.2) is 14.5 Å². The lowest BCUT2D eigenvalue weighted by Crippen LogP contribution is -2.35. The highest BCUT2D eigenvalue weighted by Gasteiger charge is 2.33. The molecule has 0 aliphatic rings.